The molecule has 0 fully saturated rings. The van der Waals surface area contributed by atoms with Crippen LogP contribution >= 0.6 is 11.6 Å². The first kappa shape index (κ1) is 22.1. The van der Waals surface area contributed by atoms with Crippen LogP contribution in [-0.4, -0.2) is 30.0 Å². The molecule has 3 aromatic rings. The molecule has 0 aliphatic carbocycles. The number of halogens is 1. The molecule has 0 aliphatic rings. The number of hydrogen-bond donors (Lipinski definition) is 2. The average Bonchev–Trinajstić information content (AvgIpc) is 2.77. The predicted octanol–water partition coefficient (Wildman–Crippen LogP) is 4.71. The Bertz CT molecular complexity index is 1090. The molecule has 1 unspecified atom stereocenters. The Morgan fingerprint density at radius 1 is 1.06 bits per heavy atom. The minimum Gasteiger partial charge on any atom is -0.494 e. The fourth-order valence-electron chi connectivity index (χ4n) is 2.80. The fourth-order valence-corrected chi connectivity index (χ4v) is 3.02. The first-order valence-electron chi connectivity index (χ1n) is 9.50. The third-order valence-electron chi connectivity index (χ3n) is 4.45. The van der Waals surface area contributed by atoms with Crippen LogP contribution in [0, 0.1) is 6.92 Å². The number of anilines is 2. The van der Waals surface area contributed by atoms with Gasteiger partial charge in [0.2, 0.25) is 0 Å². The maximum Gasteiger partial charge on any atom is 0.265 e. The number of nitrogens with zero attached hydrogens (tertiary/aromatic N) is 1. The van der Waals surface area contributed by atoms with Crippen molar-refractivity contribution >= 4 is 34.8 Å². The van der Waals surface area contributed by atoms with E-state index in [0.717, 1.165) is 5.56 Å². The molecule has 0 radical (unpaired) electrons. The first-order chi connectivity index (χ1) is 14.9. The summed E-state index contributed by atoms with van der Waals surface area (Å²) < 4.78 is 11.1. The van der Waals surface area contributed by atoms with Crippen molar-refractivity contribution in [3.05, 3.63) is 77.1 Å². The molecule has 2 amide bonds. The van der Waals surface area contributed by atoms with E-state index in [1.54, 1.807) is 61.7 Å². The maximum absolute atomic E-state index is 12.6. The summed E-state index contributed by atoms with van der Waals surface area (Å²) >= 11 is 5.95. The van der Waals surface area contributed by atoms with E-state index < -0.39 is 6.10 Å². The summed E-state index contributed by atoms with van der Waals surface area (Å²) in [4.78, 5) is 28.9. The highest BCUT2D eigenvalue weighted by atomic mass is 35.5. The number of nitrogens with one attached hydrogen (secondary N) is 2. The number of aryl methyl sites for hydroxylation is 1. The van der Waals surface area contributed by atoms with E-state index in [0.29, 0.717) is 33.5 Å². The van der Waals surface area contributed by atoms with Gasteiger partial charge >= 0.3 is 0 Å². The highest BCUT2D eigenvalue weighted by Gasteiger charge is 2.17. The molecule has 2 aromatic carbocycles. The van der Waals surface area contributed by atoms with E-state index in [1.165, 1.54) is 13.3 Å². The Morgan fingerprint density at radius 3 is 2.55 bits per heavy atom. The second-order valence-electron chi connectivity index (χ2n) is 6.77. The molecule has 1 aromatic heterocycles. The lowest BCUT2D eigenvalue weighted by atomic mass is 10.2. The van der Waals surface area contributed by atoms with Gasteiger partial charge in [0.25, 0.3) is 11.8 Å². The van der Waals surface area contributed by atoms with Crippen LogP contribution in [-0.2, 0) is 4.79 Å². The second kappa shape index (κ2) is 9.95. The number of rotatable bonds is 7. The maximum atomic E-state index is 12.6. The third-order valence-corrected chi connectivity index (χ3v) is 4.69. The zero-order valence-electron chi connectivity index (χ0n) is 17.3. The van der Waals surface area contributed by atoms with E-state index in [2.05, 4.69) is 15.6 Å². The van der Waals surface area contributed by atoms with Crippen molar-refractivity contribution in [2.24, 2.45) is 0 Å². The van der Waals surface area contributed by atoms with Gasteiger partial charge in [-0.05, 0) is 61.9 Å². The normalized spacial score (nSPS) is 11.4. The number of ether oxygens (including phenoxy) is 2. The molecule has 3 rings (SSSR count). The number of methoxy groups -OCH3 is 1. The summed E-state index contributed by atoms with van der Waals surface area (Å²) in [5, 5.41) is 6.16. The Labute approximate surface area is 185 Å². The van der Waals surface area contributed by atoms with E-state index >= 15 is 0 Å². The van der Waals surface area contributed by atoms with Crippen LogP contribution < -0.4 is 20.1 Å². The van der Waals surface area contributed by atoms with Crippen LogP contribution in [0.2, 0.25) is 5.02 Å². The standard InChI is InChI=1S/C23H22ClN3O4/c1-14-11-17(24)6-9-20(14)31-15(2)22(28)26-18-7-8-19(21(12-18)30-3)27-23(29)16-5-4-10-25-13-16/h4-13,15H,1-3H3,(H,26,28)(H,27,29). The molecule has 0 bridgehead atoms. The highest BCUT2D eigenvalue weighted by Crippen LogP contribution is 2.29. The summed E-state index contributed by atoms with van der Waals surface area (Å²) in [7, 11) is 1.48. The number of aromatic nitrogens is 1. The van der Waals surface area contributed by atoms with E-state index in [9.17, 15) is 9.59 Å². The van der Waals surface area contributed by atoms with Crippen molar-refractivity contribution < 1.29 is 19.1 Å². The molecule has 0 saturated heterocycles. The summed E-state index contributed by atoms with van der Waals surface area (Å²) in [5.74, 6) is 0.336. The van der Waals surface area contributed by atoms with Crippen molar-refractivity contribution in [3.8, 4) is 11.5 Å². The monoisotopic (exact) mass is 439 g/mol. The van der Waals surface area contributed by atoms with Crippen LogP contribution in [0.15, 0.2) is 60.9 Å². The summed E-state index contributed by atoms with van der Waals surface area (Å²) in [6, 6.07) is 13.5. The highest BCUT2D eigenvalue weighted by molar-refractivity contribution is 6.30. The molecule has 0 saturated carbocycles. The number of hydrogen-bond acceptors (Lipinski definition) is 5. The van der Waals surface area contributed by atoms with Gasteiger partial charge in [-0.1, -0.05) is 11.6 Å². The summed E-state index contributed by atoms with van der Waals surface area (Å²) in [6.07, 6.45) is 2.32. The SMILES string of the molecule is COc1cc(NC(=O)C(C)Oc2ccc(Cl)cc2C)ccc1NC(=O)c1cccnc1. The first-order valence-corrected chi connectivity index (χ1v) is 9.88. The molecule has 1 heterocycles. The number of benzene rings is 2. The van der Waals surface area contributed by atoms with Crippen LogP contribution in [0.5, 0.6) is 11.5 Å². The number of carbonyl (C=O) groups excluding carboxylic acids is 2. The van der Waals surface area contributed by atoms with Crippen molar-refractivity contribution in [2.45, 2.75) is 20.0 Å². The van der Waals surface area contributed by atoms with Crippen LogP contribution in [0.1, 0.15) is 22.8 Å². The molecule has 7 nitrogen and oxygen atoms in total. The molecule has 0 spiro atoms. The Kier molecular flexibility index (Phi) is 7.10. The van der Waals surface area contributed by atoms with Gasteiger partial charge in [-0.15, -0.1) is 0 Å². The largest absolute Gasteiger partial charge is 0.494 e. The Balaban J connectivity index is 1.67. The minimum absolute atomic E-state index is 0.316. The predicted molar refractivity (Wildman–Crippen MR) is 120 cm³/mol. The van der Waals surface area contributed by atoms with E-state index in [1.807, 2.05) is 6.92 Å². The molecule has 2 N–H and O–H groups in total. The van der Waals surface area contributed by atoms with Crippen molar-refractivity contribution in [2.75, 3.05) is 17.7 Å². The lowest BCUT2D eigenvalue weighted by Gasteiger charge is -2.17. The fraction of sp³-hybridized carbons (Fsp3) is 0.174. The molecule has 0 aliphatic heterocycles. The van der Waals surface area contributed by atoms with E-state index in [4.69, 9.17) is 21.1 Å². The second-order valence-corrected chi connectivity index (χ2v) is 7.21. The van der Waals surface area contributed by atoms with Gasteiger partial charge in [-0.3, -0.25) is 14.6 Å². The van der Waals surface area contributed by atoms with Gasteiger partial charge in [0.05, 0.1) is 18.4 Å². The number of pyridine rings is 1. The smallest absolute Gasteiger partial charge is 0.265 e. The van der Waals surface area contributed by atoms with Gasteiger partial charge in [0, 0.05) is 29.2 Å². The van der Waals surface area contributed by atoms with Gasteiger partial charge in [0.15, 0.2) is 6.10 Å². The van der Waals surface area contributed by atoms with E-state index in [-0.39, 0.29) is 11.8 Å². The van der Waals surface area contributed by atoms with Crippen molar-refractivity contribution in [3.63, 3.8) is 0 Å². The lowest BCUT2D eigenvalue weighted by Crippen LogP contribution is -2.30. The molecular formula is C23H22ClN3O4. The molecular weight excluding hydrogens is 418 g/mol. The van der Waals surface area contributed by atoms with Crippen LogP contribution in [0.25, 0.3) is 0 Å². The molecule has 160 valence electrons. The zero-order chi connectivity index (χ0) is 22.4. The van der Waals surface area contributed by atoms with Crippen LogP contribution in [0.3, 0.4) is 0 Å². The summed E-state index contributed by atoms with van der Waals surface area (Å²) in [5.41, 5.74) is 2.23. The molecule has 1 atom stereocenters. The number of amides is 2. The lowest BCUT2D eigenvalue weighted by molar-refractivity contribution is -0.122. The number of carbonyl (C=O) groups is 2. The molecule has 31 heavy (non-hydrogen) atoms. The Hall–Kier alpha value is -3.58. The van der Waals surface area contributed by atoms with Gasteiger partial charge in [0.1, 0.15) is 11.5 Å². The topological polar surface area (TPSA) is 89.5 Å². The van der Waals surface area contributed by atoms with Gasteiger partial charge in [-0.2, -0.15) is 0 Å². The summed E-state index contributed by atoms with van der Waals surface area (Å²) in [6.45, 7) is 3.51. The van der Waals surface area contributed by atoms with Crippen LogP contribution in [0.4, 0.5) is 11.4 Å². The minimum atomic E-state index is -0.740. The average molecular weight is 440 g/mol. The third kappa shape index (κ3) is 5.73. The van der Waals surface area contributed by atoms with Crippen molar-refractivity contribution in [1.29, 1.82) is 0 Å². The molecule has 8 heteroatoms. The zero-order valence-corrected chi connectivity index (χ0v) is 18.1. The quantitative estimate of drug-likeness (QED) is 0.556. The van der Waals surface area contributed by atoms with Gasteiger partial charge in [-0.25, -0.2) is 0 Å². The Morgan fingerprint density at radius 2 is 1.87 bits per heavy atom. The van der Waals surface area contributed by atoms with Gasteiger partial charge < -0.3 is 20.1 Å². The van der Waals surface area contributed by atoms with Crippen molar-refractivity contribution in [1.82, 2.24) is 4.98 Å².